The van der Waals surface area contributed by atoms with E-state index in [1.165, 1.54) is 12.8 Å². The zero-order valence-electron chi connectivity index (χ0n) is 9.82. The van der Waals surface area contributed by atoms with Crippen molar-refractivity contribution >= 4 is 17.7 Å². The van der Waals surface area contributed by atoms with E-state index in [1.54, 1.807) is 17.8 Å². The van der Waals surface area contributed by atoms with Crippen molar-refractivity contribution in [3.05, 3.63) is 29.3 Å². The van der Waals surface area contributed by atoms with Crippen LogP contribution in [0.5, 0.6) is 0 Å². The van der Waals surface area contributed by atoms with E-state index in [0.29, 0.717) is 5.56 Å². The number of hydrogen-bond acceptors (Lipinski definition) is 2. The van der Waals surface area contributed by atoms with Gasteiger partial charge in [0.15, 0.2) is 0 Å². The first-order valence-electron chi connectivity index (χ1n) is 5.62. The molecule has 0 fully saturated rings. The molecule has 0 amide bonds. The summed E-state index contributed by atoms with van der Waals surface area (Å²) in [6.45, 7) is 4.15. The fourth-order valence-corrected chi connectivity index (χ4v) is 2.61. The lowest BCUT2D eigenvalue weighted by Gasteiger charge is -2.06. The Kier molecular flexibility index (Phi) is 5.39. The average molecular weight is 238 g/mol. The third-order valence-corrected chi connectivity index (χ3v) is 3.51. The van der Waals surface area contributed by atoms with Crippen LogP contribution in [-0.4, -0.2) is 16.8 Å². The molecule has 88 valence electrons. The van der Waals surface area contributed by atoms with Crippen LogP contribution in [0.4, 0.5) is 0 Å². The molecule has 0 saturated carbocycles. The lowest BCUT2D eigenvalue weighted by atomic mass is 10.1. The van der Waals surface area contributed by atoms with E-state index in [9.17, 15) is 4.79 Å². The second-order valence-electron chi connectivity index (χ2n) is 3.86. The van der Waals surface area contributed by atoms with Crippen LogP contribution in [0.15, 0.2) is 23.1 Å². The van der Waals surface area contributed by atoms with Crippen LogP contribution in [0, 0.1) is 6.92 Å². The van der Waals surface area contributed by atoms with Crippen LogP contribution >= 0.6 is 11.8 Å². The zero-order valence-corrected chi connectivity index (χ0v) is 10.6. The highest BCUT2D eigenvalue weighted by atomic mass is 32.2. The SMILES string of the molecule is CCCCCSc1cc(C)ccc1C(=O)O. The summed E-state index contributed by atoms with van der Waals surface area (Å²) in [5.74, 6) is 0.162. The number of rotatable bonds is 6. The Balaban J connectivity index is 2.68. The largest absolute Gasteiger partial charge is 0.478 e. The van der Waals surface area contributed by atoms with Crippen molar-refractivity contribution in [1.82, 2.24) is 0 Å². The van der Waals surface area contributed by atoms with Gasteiger partial charge in [-0.25, -0.2) is 4.79 Å². The predicted molar refractivity (Wildman–Crippen MR) is 68.4 cm³/mol. The summed E-state index contributed by atoms with van der Waals surface area (Å²) in [6, 6.07) is 5.50. The highest BCUT2D eigenvalue weighted by Crippen LogP contribution is 2.25. The van der Waals surface area contributed by atoms with Crippen molar-refractivity contribution in [2.24, 2.45) is 0 Å². The van der Waals surface area contributed by atoms with Gasteiger partial charge >= 0.3 is 5.97 Å². The molecule has 0 saturated heterocycles. The van der Waals surface area contributed by atoms with E-state index < -0.39 is 5.97 Å². The van der Waals surface area contributed by atoms with Gasteiger partial charge < -0.3 is 5.11 Å². The smallest absolute Gasteiger partial charge is 0.336 e. The second kappa shape index (κ2) is 6.59. The molecule has 0 unspecified atom stereocenters. The van der Waals surface area contributed by atoms with Crippen LogP contribution in [0.2, 0.25) is 0 Å². The molecule has 0 heterocycles. The summed E-state index contributed by atoms with van der Waals surface area (Å²) >= 11 is 1.65. The molecular weight excluding hydrogens is 220 g/mol. The van der Waals surface area contributed by atoms with Crippen molar-refractivity contribution in [2.75, 3.05) is 5.75 Å². The molecular formula is C13H18O2S. The second-order valence-corrected chi connectivity index (χ2v) is 5.00. The van der Waals surface area contributed by atoms with Crippen molar-refractivity contribution in [3.63, 3.8) is 0 Å². The Morgan fingerprint density at radius 3 is 2.75 bits per heavy atom. The number of carboxylic acids is 1. The Hall–Kier alpha value is -0.960. The molecule has 2 nitrogen and oxygen atoms in total. The monoisotopic (exact) mass is 238 g/mol. The Bertz CT molecular complexity index is 361. The van der Waals surface area contributed by atoms with Gasteiger partial charge in [-0.2, -0.15) is 0 Å². The highest BCUT2D eigenvalue weighted by Gasteiger charge is 2.09. The van der Waals surface area contributed by atoms with Gasteiger partial charge in [-0.15, -0.1) is 11.8 Å². The van der Waals surface area contributed by atoms with Crippen LogP contribution in [0.25, 0.3) is 0 Å². The van der Waals surface area contributed by atoms with Crippen LogP contribution < -0.4 is 0 Å². The number of hydrogen-bond donors (Lipinski definition) is 1. The molecule has 1 aromatic rings. The van der Waals surface area contributed by atoms with Crippen molar-refractivity contribution in [1.29, 1.82) is 0 Å². The molecule has 0 bridgehead atoms. The Labute approximate surface area is 101 Å². The van der Waals surface area contributed by atoms with E-state index in [2.05, 4.69) is 6.92 Å². The Morgan fingerprint density at radius 1 is 1.38 bits per heavy atom. The molecule has 1 rings (SSSR count). The number of aryl methyl sites for hydroxylation is 1. The van der Waals surface area contributed by atoms with Gasteiger partial charge in [-0.05, 0) is 36.8 Å². The van der Waals surface area contributed by atoms with E-state index >= 15 is 0 Å². The summed E-state index contributed by atoms with van der Waals surface area (Å²) in [4.78, 5) is 11.9. The number of unbranched alkanes of at least 4 members (excludes halogenated alkanes) is 2. The lowest BCUT2D eigenvalue weighted by molar-refractivity contribution is 0.0693. The van der Waals surface area contributed by atoms with E-state index in [1.807, 2.05) is 19.1 Å². The van der Waals surface area contributed by atoms with Crippen LogP contribution in [0.1, 0.15) is 42.1 Å². The van der Waals surface area contributed by atoms with Gasteiger partial charge in [0.2, 0.25) is 0 Å². The van der Waals surface area contributed by atoms with Gasteiger partial charge in [0.05, 0.1) is 5.56 Å². The molecule has 0 aliphatic heterocycles. The third kappa shape index (κ3) is 3.89. The molecule has 0 aliphatic carbocycles. The quantitative estimate of drug-likeness (QED) is 0.601. The molecule has 3 heteroatoms. The normalized spacial score (nSPS) is 10.4. The first-order valence-corrected chi connectivity index (χ1v) is 6.60. The first kappa shape index (κ1) is 13.1. The van der Waals surface area contributed by atoms with E-state index in [0.717, 1.165) is 22.6 Å². The molecule has 0 aliphatic rings. The van der Waals surface area contributed by atoms with Gasteiger partial charge in [0.25, 0.3) is 0 Å². The maximum Gasteiger partial charge on any atom is 0.336 e. The summed E-state index contributed by atoms with van der Waals surface area (Å²) in [7, 11) is 0. The summed E-state index contributed by atoms with van der Waals surface area (Å²) in [5, 5.41) is 9.05. The van der Waals surface area contributed by atoms with E-state index in [4.69, 9.17) is 5.11 Å². The van der Waals surface area contributed by atoms with E-state index in [-0.39, 0.29) is 0 Å². The van der Waals surface area contributed by atoms with Gasteiger partial charge in [0.1, 0.15) is 0 Å². The van der Waals surface area contributed by atoms with Crippen molar-refractivity contribution in [2.45, 2.75) is 38.0 Å². The third-order valence-electron chi connectivity index (χ3n) is 2.37. The zero-order chi connectivity index (χ0) is 12.0. The predicted octanol–water partition coefficient (Wildman–Crippen LogP) is 3.98. The lowest BCUT2D eigenvalue weighted by Crippen LogP contribution is -1.99. The summed E-state index contributed by atoms with van der Waals surface area (Å²) in [6.07, 6.45) is 3.55. The van der Waals surface area contributed by atoms with Crippen LogP contribution in [-0.2, 0) is 0 Å². The maximum absolute atomic E-state index is 11.0. The molecule has 0 radical (unpaired) electrons. The average Bonchev–Trinajstić information content (AvgIpc) is 2.24. The maximum atomic E-state index is 11.0. The number of benzene rings is 1. The summed E-state index contributed by atoms with van der Waals surface area (Å²) in [5.41, 5.74) is 1.54. The number of thioether (sulfide) groups is 1. The molecule has 1 N–H and O–H groups in total. The molecule has 0 spiro atoms. The number of aromatic carboxylic acids is 1. The Morgan fingerprint density at radius 2 is 2.12 bits per heavy atom. The van der Waals surface area contributed by atoms with Gasteiger partial charge in [0, 0.05) is 4.90 Å². The highest BCUT2D eigenvalue weighted by molar-refractivity contribution is 7.99. The van der Waals surface area contributed by atoms with Crippen molar-refractivity contribution in [3.8, 4) is 0 Å². The minimum atomic E-state index is -0.835. The number of carbonyl (C=O) groups is 1. The van der Waals surface area contributed by atoms with Gasteiger partial charge in [-0.3, -0.25) is 0 Å². The fourth-order valence-electron chi connectivity index (χ4n) is 1.46. The topological polar surface area (TPSA) is 37.3 Å². The first-order chi connectivity index (χ1) is 7.65. The minimum Gasteiger partial charge on any atom is -0.478 e. The minimum absolute atomic E-state index is 0.423. The standard InChI is InChI=1S/C13H18O2S/c1-3-4-5-8-16-12-9-10(2)6-7-11(12)13(14)15/h6-7,9H,3-5,8H2,1-2H3,(H,14,15). The molecule has 0 atom stereocenters. The molecule has 16 heavy (non-hydrogen) atoms. The molecule has 1 aromatic carbocycles. The fraction of sp³-hybridized carbons (Fsp3) is 0.462. The summed E-state index contributed by atoms with van der Waals surface area (Å²) < 4.78 is 0. The number of carboxylic acid groups (broad SMARTS) is 1. The van der Waals surface area contributed by atoms with Crippen molar-refractivity contribution < 1.29 is 9.90 Å². The molecule has 0 aromatic heterocycles. The van der Waals surface area contributed by atoms with Gasteiger partial charge in [-0.1, -0.05) is 25.8 Å². The van der Waals surface area contributed by atoms with Crippen LogP contribution in [0.3, 0.4) is 0 Å².